The number of carboxylic acids is 1. The molecule has 0 saturated carbocycles. The molecule has 0 radical (unpaired) electrons. The van der Waals surface area contributed by atoms with Crippen LogP contribution in [0, 0.1) is 0 Å². The molecule has 2 N–H and O–H groups in total. The summed E-state index contributed by atoms with van der Waals surface area (Å²) >= 11 is 0. The molecule has 0 rings (SSSR count). The lowest BCUT2D eigenvalue weighted by Gasteiger charge is -2.12. The Morgan fingerprint density at radius 3 is 2.33 bits per heavy atom. The van der Waals surface area contributed by atoms with E-state index in [9.17, 15) is 22.2 Å². The summed E-state index contributed by atoms with van der Waals surface area (Å²) in [6.45, 7) is 2.63. The van der Waals surface area contributed by atoms with Crippen LogP contribution in [0.5, 0.6) is 0 Å². The number of amides is 1. The summed E-state index contributed by atoms with van der Waals surface area (Å²) in [6.07, 6.45) is 0. The van der Waals surface area contributed by atoms with Gasteiger partial charge in [0.25, 0.3) is 0 Å². The Kier molecular flexibility index (Phi) is 7.07. The Balaban J connectivity index is 4.36. The van der Waals surface area contributed by atoms with Crippen LogP contribution in [0.15, 0.2) is 0 Å². The standard InChI is InChI=1S/C9H17NO6S2/c1-3-18(15,16)5-4-17(14)6-8(9(12)13)10-7(2)11/h8H,3-6H2,1-2H3,(H,10,11)(H,12,13)/t8-,17?/m0/s1. The summed E-state index contributed by atoms with van der Waals surface area (Å²) in [7, 11) is -4.83. The van der Waals surface area contributed by atoms with Gasteiger partial charge in [0.2, 0.25) is 5.91 Å². The number of nitrogens with one attached hydrogen (secondary N) is 1. The summed E-state index contributed by atoms with van der Waals surface area (Å²) in [5.74, 6) is -2.55. The first kappa shape index (κ1) is 17.0. The molecule has 1 amide bonds. The van der Waals surface area contributed by atoms with Crippen molar-refractivity contribution < 1.29 is 27.3 Å². The third-order valence-corrected chi connectivity index (χ3v) is 5.42. The average molecular weight is 299 g/mol. The minimum absolute atomic E-state index is 0.0434. The van der Waals surface area contributed by atoms with Gasteiger partial charge >= 0.3 is 5.97 Å². The first-order valence-electron chi connectivity index (χ1n) is 5.23. The van der Waals surface area contributed by atoms with Crippen molar-refractivity contribution in [3.8, 4) is 0 Å². The Bertz CT molecular complexity index is 430. The molecule has 0 aliphatic heterocycles. The Morgan fingerprint density at radius 1 is 1.39 bits per heavy atom. The van der Waals surface area contributed by atoms with Gasteiger partial charge in [0.05, 0.1) is 11.5 Å². The molecule has 1 unspecified atom stereocenters. The highest BCUT2D eigenvalue weighted by Gasteiger charge is 2.22. The number of carboxylic acid groups (broad SMARTS) is 1. The SMILES string of the molecule is CCS(=O)(=O)CCS(=O)C[C@H](NC(C)=O)C(=O)O. The van der Waals surface area contributed by atoms with Gasteiger partial charge in [-0.15, -0.1) is 0 Å². The molecule has 0 fully saturated rings. The number of rotatable bonds is 8. The maximum absolute atomic E-state index is 11.5. The van der Waals surface area contributed by atoms with Crippen LogP contribution in [-0.4, -0.2) is 58.7 Å². The van der Waals surface area contributed by atoms with Gasteiger partial charge in [0.1, 0.15) is 6.04 Å². The molecule has 0 aliphatic carbocycles. The Hall–Kier alpha value is -0.960. The van der Waals surface area contributed by atoms with Crippen molar-refractivity contribution in [2.45, 2.75) is 19.9 Å². The number of hydrogen-bond acceptors (Lipinski definition) is 5. The van der Waals surface area contributed by atoms with Crippen molar-refractivity contribution in [3.63, 3.8) is 0 Å². The predicted octanol–water partition coefficient (Wildman–Crippen LogP) is -1.24. The molecule has 0 saturated heterocycles. The van der Waals surface area contributed by atoms with Crippen LogP contribution in [0.4, 0.5) is 0 Å². The molecule has 0 heterocycles. The van der Waals surface area contributed by atoms with Gasteiger partial charge < -0.3 is 10.4 Å². The minimum Gasteiger partial charge on any atom is -0.480 e. The molecule has 106 valence electrons. The van der Waals surface area contributed by atoms with Gasteiger partial charge in [-0.2, -0.15) is 0 Å². The zero-order valence-electron chi connectivity index (χ0n) is 10.2. The quantitative estimate of drug-likeness (QED) is 0.579. The van der Waals surface area contributed by atoms with Crippen LogP contribution in [0.2, 0.25) is 0 Å². The van der Waals surface area contributed by atoms with E-state index in [2.05, 4.69) is 5.32 Å². The summed E-state index contributed by atoms with van der Waals surface area (Å²) in [6, 6.07) is -1.26. The third kappa shape index (κ3) is 7.38. The van der Waals surface area contributed by atoms with Crippen molar-refractivity contribution in [1.29, 1.82) is 0 Å². The number of carbonyl (C=O) groups is 2. The molecular formula is C9H17NO6S2. The van der Waals surface area contributed by atoms with Crippen molar-refractivity contribution in [2.24, 2.45) is 0 Å². The minimum atomic E-state index is -3.22. The van der Waals surface area contributed by atoms with E-state index in [1.807, 2.05) is 0 Å². The van der Waals surface area contributed by atoms with Crippen LogP contribution in [0.1, 0.15) is 13.8 Å². The lowest BCUT2D eigenvalue weighted by atomic mass is 10.3. The molecule has 0 aliphatic rings. The zero-order valence-corrected chi connectivity index (χ0v) is 11.8. The lowest BCUT2D eigenvalue weighted by Crippen LogP contribution is -2.43. The van der Waals surface area contributed by atoms with Crippen LogP contribution >= 0.6 is 0 Å². The molecule has 0 aromatic rings. The molecule has 2 atom stereocenters. The summed E-state index contributed by atoms with van der Waals surface area (Å²) < 4.78 is 33.9. The maximum Gasteiger partial charge on any atom is 0.327 e. The van der Waals surface area contributed by atoms with E-state index in [4.69, 9.17) is 5.11 Å². The number of carbonyl (C=O) groups excluding carboxylic acids is 1. The zero-order chi connectivity index (χ0) is 14.3. The van der Waals surface area contributed by atoms with E-state index in [0.29, 0.717) is 0 Å². The molecule has 7 nitrogen and oxygen atoms in total. The maximum atomic E-state index is 11.5. The van der Waals surface area contributed by atoms with Gasteiger partial charge in [-0.05, 0) is 0 Å². The molecule has 9 heteroatoms. The lowest BCUT2D eigenvalue weighted by molar-refractivity contribution is -0.140. The Morgan fingerprint density at radius 2 is 1.94 bits per heavy atom. The highest BCUT2D eigenvalue weighted by atomic mass is 32.2. The van der Waals surface area contributed by atoms with E-state index in [1.165, 1.54) is 6.92 Å². The number of hydrogen-bond donors (Lipinski definition) is 2. The van der Waals surface area contributed by atoms with Crippen molar-refractivity contribution in [3.05, 3.63) is 0 Å². The first-order valence-corrected chi connectivity index (χ1v) is 8.54. The smallest absolute Gasteiger partial charge is 0.327 e. The third-order valence-electron chi connectivity index (χ3n) is 2.09. The summed E-state index contributed by atoms with van der Waals surface area (Å²) in [5.41, 5.74) is 0. The fourth-order valence-electron chi connectivity index (χ4n) is 1.05. The van der Waals surface area contributed by atoms with Gasteiger partial charge in [-0.3, -0.25) is 9.00 Å². The highest BCUT2D eigenvalue weighted by molar-refractivity contribution is 7.93. The van der Waals surface area contributed by atoms with E-state index >= 15 is 0 Å². The summed E-state index contributed by atoms with van der Waals surface area (Å²) in [5, 5.41) is 10.9. The van der Waals surface area contributed by atoms with Crippen molar-refractivity contribution in [1.82, 2.24) is 5.32 Å². The normalized spacial score (nSPS) is 14.8. The second-order valence-electron chi connectivity index (χ2n) is 3.64. The van der Waals surface area contributed by atoms with Crippen molar-refractivity contribution in [2.75, 3.05) is 23.0 Å². The fourth-order valence-corrected chi connectivity index (χ4v) is 3.87. The van der Waals surface area contributed by atoms with E-state index in [1.54, 1.807) is 0 Å². The average Bonchev–Trinajstić information content (AvgIpc) is 2.25. The topological polar surface area (TPSA) is 118 Å². The van der Waals surface area contributed by atoms with Gasteiger partial charge in [0.15, 0.2) is 9.84 Å². The first-order chi connectivity index (χ1) is 8.18. The van der Waals surface area contributed by atoms with Gasteiger partial charge in [-0.25, -0.2) is 13.2 Å². The molecule has 0 aromatic carbocycles. The Labute approximate surface area is 108 Å². The second kappa shape index (κ2) is 7.47. The largest absolute Gasteiger partial charge is 0.480 e. The fraction of sp³-hybridized carbons (Fsp3) is 0.778. The highest BCUT2D eigenvalue weighted by Crippen LogP contribution is 1.96. The van der Waals surface area contributed by atoms with Crippen LogP contribution in [0.3, 0.4) is 0 Å². The number of aliphatic carboxylic acids is 1. The summed E-state index contributed by atoms with van der Waals surface area (Å²) in [4.78, 5) is 21.5. The second-order valence-corrected chi connectivity index (χ2v) is 7.73. The van der Waals surface area contributed by atoms with Gasteiger partial charge in [0, 0.05) is 29.2 Å². The molecule has 0 spiro atoms. The van der Waals surface area contributed by atoms with E-state index in [-0.39, 0.29) is 23.0 Å². The van der Waals surface area contributed by atoms with E-state index < -0.39 is 38.6 Å². The molecule has 0 aromatic heterocycles. The van der Waals surface area contributed by atoms with Crippen LogP contribution < -0.4 is 5.32 Å². The monoisotopic (exact) mass is 299 g/mol. The van der Waals surface area contributed by atoms with Crippen LogP contribution in [-0.2, 0) is 30.2 Å². The molecule has 18 heavy (non-hydrogen) atoms. The molecule has 0 bridgehead atoms. The van der Waals surface area contributed by atoms with Crippen LogP contribution in [0.25, 0.3) is 0 Å². The van der Waals surface area contributed by atoms with Crippen molar-refractivity contribution >= 4 is 32.5 Å². The van der Waals surface area contributed by atoms with Gasteiger partial charge in [-0.1, -0.05) is 6.92 Å². The number of sulfone groups is 1. The predicted molar refractivity (Wildman–Crippen MR) is 67.4 cm³/mol. The van der Waals surface area contributed by atoms with E-state index in [0.717, 1.165) is 6.92 Å². The molecular weight excluding hydrogens is 282 g/mol.